The van der Waals surface area contributed by atoms with Crippen LogP contribution in [0.4, 0.5) is 0 Å². The Kier molecular flexibility index (Phi) is 3.39. The average Bonchev–Trinajstić information content (AvgIpc) is 2.95. The molecule has 0 aliphatic carbocycles. The van der Waals surface area contributed by atoms with Crippen LogP contribution in [0.5, 0.6) is 0 Å². The van der Waals surface area contributed by atoms with Crippen molar-refractivity contribution in [2.75, 3.05) is 0 Å². The van der Waals surface area contributed by atoms with Crippen molar-refractivity contribution in [1.29, 1.82) is 0 Å². The van der Waals surface area contributed by atoms with E-state index in [4.69, 9.17) is 11.6 Å². The zero-order valence-electron chi connectivity index (χ0n) is 11.3. The van der Waals surface area contributed by atoms with Crippen molar-refractivity contribution in [2.45, 2.75) is 17.3 Å². The van der Waals surface area contributed by atoms with Crippen LogP contribution in [0, 0.1) is 0 Å². The monoisotopic (exact) mass is 308 g/mol. The lowest BCUT2D eigenvalue weighted by molar-refractivity contribution is 0.677. The molecule has 0 aliphatic heterocycles. The highest BCUT2D eigenvalue weighted by molar-refractivity contribution is 7.99. The maximum absolute atomic E-state index is 6.00. The third-order valence-corrected chi connectivity index (χ3v) is 4.48. The molecule has 1 aromatic carbocycles. The number of thioether (sulfide) groups is 1. The molecular weight excluding hydrogens is 296 g/mol. The first-order valence-corrected chi connectivity index (χ1v) is 7.33. The number of nitrogens with zero attached hydrogens (tertiary/aromatic N) is 6. The summed E-state index contributed by atoms with van der Waals surface area (Å²) in [5.74, 6) is 0.820. The first-order chi connectivity index (χ1) is 9.56. The van der Waals surface area contributed by atoms with Gasteiger partial charge in [0.1, 0.15) is 0 Å². The minimum Gasteiger partial charge on any atom is -0.322 e. The van der Waals surface area contributed by atoms with Crippen LogP contribution in [0.2, 0.25) is 5.02 Å². The second kappa shape index (κ2) is 5.06. The Hall–Kier alpha value is -1.60. The van der Waals surface area contributed by atoms with Gasteiger partial charge in [0.25, 0.3) is 0 Å². The second-order valence-corrected chi connectivity index (χ2v) is 6.25. The average molecular weight is 309 g/mol. The standard InChI is InChI=1S/C12H13ClN6S/c1-7(11-15-16-17-19(11)3)20-12-14-9-6-8(13)4-5-10(9)18(12)2/h4-7H,1-3H3. The smallest absolute Gasteiger partial charge is 0.169 e. The summed E-state index contributed by atoms with van der Waals surface area (Å²) in [5, 5.41) is 13.3. The Balaban J connectivity index is 1.95. The molecule has 1 unspecified atom stereocenters. The summed E-state index contributed by atoms with van der Waals surface area (Å²) < 4.78 is 3.73. The first kappa shape index (κ1) is 13.4. The number of rotatable bonds is 3. The number of imidazole rings is 1. The summed E-state index contributed by atoms with van der Waals surface area (Å²) in [4.78, 5) is 4.62. The number of hydrogen-bond donors (Lipinski definition) is 0. The summed E-state index contributed by atoms with van der Waals surface area (Å²) in [6.07, 6.45) is 0. The van der Waals surface area contributed by atoms with Gasteiger partial charge >= 0.3 is 0 Å². The van der Waals surface area contributed by atoms with Gasteiger partial charge in [0.05, 0.1) is 16.3 Å². The maximum Gasteiger partial charge on any atom is 0.169 e. The minimum absolute atomic E-state index is 0.112. The summed E-state index contributed by atoms with van der Waals surface area (Å²) in [6.45, 7) is 2.06. The fraction of sp³-hybridized carbons (Fsp3) is 0.333. The summed E-state index contributed by atoms with van der Waals surface area (Å²) in [5.41, 5.74) is 1.95. The summed E-state index contributed by atoms with van der Waals surface area (Å²) in [7, 11) is 3.83. The van der Waals surface area contributed by atoms with Crippen LogP contribution in [0.25, 0.3) is 11.0 Å². The van der Waals surface area contributed by atoms with Crippen LogP contribution in [0.3, 0.4) is 0 Å². The molecule has 3 rings (SSSR count). The highest BCUT2D eigenvalue weighted by atomic mass is 35.5. The lowest BCUT2D eigenvalue weighted by Crippen LogP contribution is -2.02. The number of fused-ring (bicyclic) bond motifs is 1. The van der Waals surface area contributed by atoms with Crippen molar-refractivity contribution in [3.8, 4) is 0 Å². The quantitative estimate of drug-likeness (QED) is 0.696. The molecule has 2 heterocycles. The van der Waals surface area contributed by atoms with Crippen molar-refractivity contribution in [1.82, 2.24) is 29.8 Å². The zero-order valence-corrected chi connectivity index (χ0v) is 12.9. The van der Waals surface area contributed by atoms with Crippen LogP contribution >= 0.6 is 23.4 Å². The van der Waals surface area contributed by atoms with Crippen LogP contribution < -0.4 is 0 Å². The Labute approximate surface area is 125 Å². The van der Waals surface area contributed by atoms with E-state index in [1.54, 1.807) is 16.4 Å². The molecular formula is C12H13ClN6S. The molecule has 6 nitrogen and oxygen atoms in total. The highest BCUT2D eigenvalue weighted by Crippen LogP contribution is 2.34. The Bertz CT molecular complexity index is 764. The largest absolute Gasteiger partial charge is 0.322 e. The molecule has 0 N–H and O–H groups in total. The molecule has 0 saturated carbocycles. The Morgan fingerprint density at radius 1 is 1.30 bits per heavy atom. The number of benzene rings is 1. The molecule has 1 atom stereocenters. The lowest BCUT2D eigenvalue weighted by Gasteiger charge is -2.08. The predicted octanol–water partition coefficient (Wildman–Crippen LogP) is 2.60. The zero-order chi connectivity index (χ0) is 14.3. The van der Waals surface area contributed by atoms with Gasteiger partial charge in [-0.25, -0.2) is 9.67 Å². The summed E-state index contributed by atoms with van der Waals surface area (Å²) in [6, 6.07) is 5.72. The van der Waals surface area contributed by atoms with Crippen LogP contribution in [-0.2, 0) is 14.1 Å². The van der Waals surface area contributed by atoms with Crippen LogP contribution in [-0.4, -0.2) is 29.8 Å². The van der Waals surface area contributed by atoms with Crippen LogP contribution in [0.15, 0.2) is 23.4 Å². The molecule has 0 fully saturated rings. The first-order valence-electron chi connectivity index (χ1n) is 6.07. The van der Waals surface area contributed by atoms with Crippen molar-refractivity contribution in [3.63, 3.8) is 0 Å². The molecule has 0 saturated heterocycles. The number of halogens is 1. The lowest BCUT2D eigenvalue weighted by atomic mass is 10.3. The van der Waals surface area contributed by atoms with E-state index in [2.05, 4.69) is 32.0 Å². The molecule has 20 heavy (non-hydrogen) atoms. The molecule has 0 aliphatic rings. The number of tetrazole rings is 1. The van der Waals surface area contributed by atoms with Gasteiger partial charge in [-0.05, 0) is 35.5 Å². The molecule has 0 radical (unpaired) electrons. The van der Waals surface area contributed by atoms with Crippen molar-refractivity contribution >= 4 is 34.4 Å². The van der Waals surface area contributed by atoms with Gasteiger partial charge in [-0.2, -0.15) is 0 Å². The van der Waals surface area contributed by atoms with Gasteiger partial charge < -0.3 is 4.57 Å². The van der Waals surface area contributed by atoms with Gasteiger partial charge in [0.2, 0.25) is 0 Å². The predicted molar refractivity (Wildman–Crippen MR) is 78.8 cm³/mol. The molecule has 0 amide bonds. The highest BCUT2D eigenvalue weighted by Gasteiger charge is 2.17. The van der Waals surface area contributed by atoms with Gasteiger partial charge in [-0.1, -0.05) is 23.4 Å². The van der Waals surface area contributed by atoms with Gasteiger partial charge in [0, 0.05) is 19.1 Å². The van der Waals surface area contributed by atoms with Gasteiger partial charge in [-0.15, -0.1) is 5.10 Å². The molecule has 0 spiro atoms. The van der Waals surface area contributed by atoms with Crippen molar-refractivity contribution in [2.24, 2.45) is 14.1 Å². The Morgan fingerprint density at radius 2 is 2.10 bits per heavy atom. The third-order valence-electron chi connectivity index (χ3n) is 3.10. The third kappa shape index (κ3) is 2.27. The fourth-order valence-electron chi connectivity index (χ4n) is 2.05. The normalized spacial score (nSPS) is 13.0. The number of aromatic nitrogens is 6. The van der Waals surface area contributed by atoms with E-state index >= 15 is 0 Å². The van der Waals surface area contributed by atoms with E-state index in [-0.39, 0.29) is 5.25 Å². The summed E-state index contributed by atoms with van der Waals surface area (Å²) >= 11 is 7.62. The van der Waals surface area contributed by atoms with Crippen LogP contribution in [0.1, 0.15) is 18.0 Å². The molecule has 2 aromatic heterocycles. The maximum atomic E-state index is 6.00. The van der Waals surface area contributed by atoms with E-state index in [0.29, 0.717) is 5.02 Å². The SMILES string of the molecule is CC(Sc1nc2cc(Cl)ccc2n1C)c1nnnn1C. The van der Waals surface area contributed by atoms with Crippen molar-refractivity contribution in [3.05, 3.63) is 29.0 Å². The van der Waals surface area contributed by atoms with E-state index in [1.165, 1.54) is 0 Å². The molecule has 104 valence electrons. The molecule has 0 bridgehead atoms. The number of aryl methyl sites for hydroxylation is 2. The van der Waals surface area contributed by atoms with Gasteiger partial charge in [0.15, 0.2) is 11.0 Å². The van der Waals surface area contributed by atoms with Gasteiger partial charge in [-0.3, -0.25) is 0 Å². The topological polar surface area (TPSA) is 61.4 Å². The fourth-order valence-corrected chi connectivity index (χ4v) is 3.24. The van der Waals surface area contributed by atoms with E-state index in [0.717, 1.165) is 22.0 Å². The second-order valence-electron chi connectivity index (χ2n) is 4.51. The van der Waals surface area contributed by atoms with E-state index in [9.17, 15) is 0 Å². The van der Waals surface area contributed by atoms with E-state index < -0.39 is 0 Å². The molecule has 3 aromatic rings. The van der Waals surface area contributed by atoms with Crippen molar-refractivity contribution < 1.29 is 0 Å². The minimum atomic E-state index is 0.112. The number of hydrogen-bond acceptors (Lipinski definition) is 5. The van der Waals surface area contributed by atoms with E-state index in [1.807, 2.05) is 32.3 Å². The molecule has 8 heteroatoms. The Morgan fingerprint density at radius 3 is 2.80 bits per heavy atom.